The van der Waals surface area contributed by atoms with Crippen LogP contribution in [-0.4, -0.2) is 52.2 Å². The molecular weight excluding hydrogens is 515 g/mol. The molecule has 3 aromatic rings. The van der Waals surface area contributed by atoms with Gasteiger partial charge in [0.25, 0.3) is 5.91 Å². The second-order valence-corrected chi connectivity index (χ2v) is 10.3. The predicted octanol–water partition coefficient (Wildman–Crippen LogP) is 5.47. The molecule has 0 saturated carbocycles. The number of halogens is 2. The van der Waals surface area contributed by atoms with Crippen LogP contribution in [0.15, 0.2) is 54.7 Å². The zero-order valence-electron chi connectivity index (χ0n) is 21.3. The lowest BCUT2D eigenvalue weighted by molar-refractivity contribution is -0.117. The Kier molecular flexibility index (Phi) is 8.89. The van der Waals surface area contributed by atoms with E-state index in [9.17, 15) is 14.4 Å². The number of Topliss-reactive ketones (excluding diaryl/α,β-unsaturated/α-hetero) is 1. The van der Waals surface area contributed by atoms with Crippen LogP contribution in [0.1, 0.15) is 53.7 Å². The third-order valence-corrected chi connectivity index (χ3v) is 5.78. The summed E-state index contributed by atoms with van der Waals surface area (Å²) in [6.07, 6.45) is 0.918. The van der Waals surface area contributed by atoms with Crippen LogP contribution in [0.4, 0.5) is 5.69 Å². The summed E-state index contributed by atoms with van der Waals surface area (Å²) in [7, 11) is 3.29. The molecule has 0 fully saturated rings. The number of hydrogen-bond donors (Lipinski definition) is 0. The molecule has 0 atom stereocenters. The van der Waals surface area contributed by atoms with E-state index in [1.165, 1.54) is 16.0 Å². The summed E-state index contributed by atoms with van der Waals surface area (Å²) in [6.45, 7) is 5.67. The number of amides is 2. The van der Waals surface area contributed by atoms with Gasteiger partial charge in [-0.15, -0.1) is 0 Å². The van der Waals surface area contributed by atoms with Crippen molar-refractivity contribution in [3.05, 3.63) is 81.7 Å². The third kappa shape index (κ3) is 7.74. The Morgan fingerprint density at radius 2 is 1.70 bits per heavy atom. The zero-order valence-corrected chi connectivity index (χ0v) is 22.8. The summed E-state index contributed by atoms with van der Waals surface area (Å²) in [5.41, 5.74) is 1.02. The molecule has 0 unspecified atom stereocenters. The molecule has 2 amide bonds. The van der Waals surface area contributed by atoms with E-state index in [0.717, 1.165) is 0 Å². The van der Waals surface area contributed by atoms with Crippen molar-refractivity contribution < 1.29 is 19.1 Å². The van der Waals surface area contributed by atoms with E-state index in [4.69, 9.17) is 27.9 Å². The number of rotatable bonds is 8. The summed E-state index contributed by atoms with van der Waals surface area (Å²) >= 11 is 12.2. The summed E-state index contributed by atoms with van der Waals surface area (Å²) < 4.78 is 5.71. The molecular formula is C27H28Cl2N4O4. The molecule has 37 heavy (non-hydrogen) atoms. The van der Waals surface area contributed by atoms with Crippen LogP contribution in [0.3, 0.4) is 0 Å². The van der Waals surface area contributed by atoms with Gasteiger partial charge < -0.3 is 14.5 Å². The number of hydrogen-bond acceptors (Lipinski definition) is 6. The SMILES string of the molecule is CN(C)C(=O)c1cccc(N(Cc2ccc(Cl)c(Cl)c2)C(=O)CC(=O)c2nccc(OC(C)(C)C)n2)c1. The fraction of sp³-hybridized carbons (Fsp3) is 0.296. The summed E-state index contributed by atoms with van der Waals surface area (Å²) in [5.74, 6) is -1.17. The number of nitrogens with zero attached hydrogens (tertiary/aromatic N) is 4. The maximum atomic E-state index is 13.5. The van der Waals surface area contributed by atoms with Crippen LogP contribution in [0, 0.1) is 0 Å². The van der Waals surface area contributed by atoms with Gasteiger partial charge in [-0.05, 0) is 56.7 Å². The normalized spacial score (nSPS) is 11.1. The maximum Gasteiger partial charge on any atom is 0.253 e. The van der Waals surface area contributed by atoms with Crippen LogP contribution < -0.4 is 9.64 Å². The number of carbonyl (C=O) groups is 3. The Morgan fingerprint density at radius 3 is 2.35 bits per heavy atom. The largest absolute Gasteiger partial charge is 0.472 e. The average molecular weight is 543 g/mol. The van der Waals surface area contributed by atoms with Crippen molar-refractivity contribution in [2.75, 3.05) is 19.0 Å². The van der Waals surface area contributed by atoms with Gasteiger partial charge in [0.05, 0.1) is 23.0 Å². The molecule has 0 bridgehead atoms. The zero-order chi connectivity index (χ0) is 27.3. The fourth-order valence-electron chi connectivity index (χ4n) is 3.37. The molecule has 1 heterocycles. The highest BCUT2D eigenvalue weighted by atomic mass is 35.5. The molecule has 0 radical (unpaired) electrons. The number of carbonyl (C=O) groups excluding carboxylic acids is 3. The molecule has 8 nitrogen and oxygen atoms in total. The molecule has 10 heteroatoms. The van der Waals surface area contributed by atoms with Gasteiger partial charge in [-0.1, -0.05) is 35.3 Å². The number of benzene rings is 2. The first-order valence-electron chi connectivity index (χ1n) is 11.5. The molecule has 0 aliphatic carbocycles. The summed E-state index contributed by atoms with van der Waals surface area (Å²) in [5, 5.41) is 0.717. The quantitative estimate of drug-likeness (QED) is 0.277. The maximum absolute atomic E-state index is 13.5. The molecule has 1 aromatic heterocycles. The van der Waals surface area contributed by atoms with E-state index < -0.39 is 23.7 Å². The van der Waals surface area contributed by atoms with E-state index in [-0.39, 0.29) is 24.2 Å². The van der Waals surface area contributed by atoms with E-state index in [2.05, 4.69) is 9.97 Å². The minimum absolute atomic E-state index is 0.0939. The second-order valence-electron chi connectivity index (χ2n) is 9.51. The van der Waals surface area contributed by atoms with Crippen molar-refractivity contribution in [2.24, 2.45) is 0 Å². The first-order chi connectivity index (χ1) is 17.3. The molecule has 194 valence electrons. The van der Waals surface area contributed by atoms with Crippen molar-refractivity contribution in [3.8, 4) is 5.88 Å². The van der Waals surface area contributed by atoms with Gasteiger partial charge in [-0.3, -0.25) is 14.4 Å². The van der Waals surface area contributed by atoms with Crippen molar-refractivity contribution in [2.45, 2.75) is 39.3 Å². The Hall–Kier alpha value is -3.49. The first kappa shape index (κ1) is 28.1. The van der Waals surface area contributed by atoms with Crippen molar-refractivity contribution >= 4 is 46.5 Å². The Bertz CT molecular complexity index is 1320. The monoisotopic (exact) mass is 542 g/mol. The van der Waals surface area contributed by atoms with Crippen molar-refractivity contribution in [1.82, 2.24) is 14.9 Å². The molecule has 0 saturated heterocycles. The predicted molar refractivity (Wildman–Crippen MR) is 143 cm³/mol. The third-order valence-electron chi connectivity index (χ3n) is 5.04. The molecule has 0 aliphatic heterocycles. The first-order valence-corrected chi connectivity index (χ1v) is 12.2. The molecule has 2 aromatic carbocycles. The number of ether oxygens (including phenoxy) is 1. The Morgan fingerprint density at radius 1 is 0.973 bits per heavy atom. The van der Waals surface area contributed by atoms with Crippen LogP contribution in [-0.2, 0) is 11.3 Å². The van der Waals surface area contributed by atoms with Gasteiger partial charge in [-0.2, -0.15) is 4.98 Å². The van der Waals surface area contributed by atoms with Crippen LogP contribution in [0.25, 0.3) is 0 Å². The van der Waals surface area contributed by atoms with Crippen LogP contribution in [0.2, 0.25) is 10.0 Å². The topological polar surface area (TPSA) is 92.7 Å². The highest BCUT2D eigenvalue weighted by Gasteiger charge is 2.24. The minimum Gasteiger partial charge on any atom is -0.472 e. The smallest absolute Gasteiger partial charge is 0.253 e. The van der Waals surface area contributed by atoms with Crippen molar-refractivity contribution in [3.63, 3.8) is 0 Å². The van der Waals surface area contributed by atoms with Crippen LogP contribution >= 0.6 is 23.2 Å². The molecule has 0 aliphatic rings. The lowest BCUT2D eigenvalue weighted by Crippen LogP contribution is -2.33. The second kappa shape index (κ2) is 11.7. The number of aromatic nitrogens is 2. The van der Waals surface area contributed by atoms with Crippen LogP contribution in [0.5, 0.6) is 5.88 Å². The minimum atomic E-state index is -0.566. The van der Waals surface area contributed by atoms with E-state index in [1.54, 1.807) is 62.6 Å². The lowest BCUT2D eigenvalue weighted by Gasteiger charge is -2.24. The van der Waals surface area contributed by atoms with E-state index >= 15 is 0 Å². The molecule has 0 spiro atoms. The Balaban J connectivity index is 1.92. The summed E-state index contributed by atoms with van der Waals surface area (Å²) in [4.78, 5) is 50.1. The summed E-state index contributed by atoms with van der Waals surface area (Å²) in [6, 6.07) is 13.2. The van der Waals surface area contributed by atoms with Gasteiger partial charge in [0.1, 0.15) is 5.60 Å². The fourth-order valence-corrected chi connectivity index (χ4v) is 3.69. The van der Waals surface area contributed by atoms with Gasteiger partial charge in [0.15, 0.2) is 5.82 Å². The van der Waals surface area contributed by atoms with Gasteiger partial charge in [0, 0.05) is 37.6 Å². The average Bonchev–Trinajstić information content (AvgIpc) is 2.83. The van der Waals surface area contributed by atoms with Gasteiger partial charge >= 0.3 is 0 Å². The highest BCUT2D eigenvalue weighted by molar-refractivity contribution is 6.42. The highest BCUT2D eigenvalue weighted by Crippen LogP contribution is 2.26. The standard InChI is InChI=1S/C27H28Cl2N4O4/c1-27(2,3)37-23-11-12-30-25(31-23)22(34)15-24(35)33(16-17-9-10-20(28)21(29)13-17)19-8-6-7-18(14-19)26(36)32(4)5/h6-14H,15-16H2,1-5H3. The Labute approximate surface area is 226 Å². The van der Waals surface area contributed by atoms with Gasteiger partial charge in [0.2, 0.25) is 17.6 Å². The molecule has 0 N–H and O–H groups in total. The van der Waals surface area contributed by atoms with Crippen molar-refractivity contribution in [1.29, 1.82) is 0 Å². The van der Waals surface area contributed by atoms with Gasteiger partial charge in [-0.25, -0.2) is 4.98 Å². The van der Waals surface area contributed by atoms with E-state index in [0.29, 0.717) is 26.9 Å². The molecule has 3 rings (SSSR count). The number of ketones is 1. The number of anilines is 1. The lowest BCUT2D eigenvalue weighted by atomic mass is 10.1. The van der Waals surface area contributed by atoms with E-state index in [1.807, 2.05) is 20.8 Å².